The van der Waals surface area contributed by atoms with Gasteiger partial charge in [0.25, 0.3) is 0 Å². The van der Waals surface area contributed by atoms with E-state index in [0.29, 0.717) is 21.0 Å². The van der Waals surface area contributed by atoms with Crippen molar-refractivity contribution in [3.05, 3.63) is 29.2 Å². The summed E-state index contributed by atoms with van der Waals surface area (Å²) in [5, 5.41) is 9.78. The summed E-state index contributed by atoms with van der Waals surface area (Å²) in [4.78, 5) is 15.4. The van der Waals surface area contributed by atoms with Crippen LogP contribution >= 0.6 is 11.6 Å². The normalized spacial score (nSPS) is 10.5. The van der Waals surface area contributed by atoms with Crippen LogP contribution in [0.4, 0.5) is 0 Å². The maximum Gasteiger partial charge on any atom is 0.358 e. The molecule has 0 aromatic rings. The van der Waals surface area contributed by atoms with Crippen molar-refractivity contribution in [1.82, 2.24) is 9.71 Å². The molecule has 2 aliphatic rings. The van der Waals surface area contributed by atoms with Gasteiger partial charge in [-0.1, -0.05) is 11.6 Å². The highest BCUT2D eigenvalue weighted by Crippen LogP contribution is 2.32. The first-order valence-electron chi connectivity index (χ1n) is 4.08. The number of hydrogen-bond donors (Lipinski definition) is 1. The van der Waals surface area contributed by atoms with E-state index < -0.39 is 5.97 Å². The third-order valence-corrected chi connectivity index (χ3v) is 2.32. The summed E-state index contributed by atoms with van der Waals surface area (Å²) in [6.07, 6.45) is 2.72. The number of rotatable bonds is 1. The van der Waals surface area contributed by atoms with Crippen molar-refractivity contribution in [1.29, 1.82) is 0 Å². The lowest BCUT2D eigenvalue weighted by atomic mass is 10.1. The van der Waals surface area contributed by atoms with Crippen molar-refractivity contribution in [2.75, 3.05) is 7.11 Å². The molecule has 2 aliphatic heterocycles. The zero-order valence-corrected chi connectivity index (χ0v) is 8.52. The summed E-state index contributed by atoms with van der Waals surface area (Å²) in [7, 11) is 1.23. The van der Waals surface area contributed by atoms with Gasteiger partial charge in [0.1, 0.15) is 0 Å². The van der Waals surface area contributed by atoms with Gasteiger partial charge < -0.3 is 9.94 Å². The first-order valence-corrected chi connectivity index (χ1v) is 4.46. The predicted molar refractivity (Wildman–Crippen MR) is 52.4 cm³/mol. The average molecular weight is 227 g/mol. The number of nitrogens with zero attached hydrogens (tertiary/aromatic N) is 2. The summed E-state index contributed by atoms with van der Waals surface area (Å²) in [5.41, 5.74) is 0.886. The molecule has 0 aromatic carbocycles. The second kappa shape index (κ2) is 3.43. The molecule has 5 nitrogen and oxygen atoms in total. The summed E-state index contributed by atoms with van der Waals surface area (Å²) >= 11 is 5.86. The second-order valence-electron chi connectivity index (χ2n) is 2.87. The van der Waals surface area contributed by atoms with E-state index in [1.165, 1.54) is 19.5 Å². The molecule has 6 heteroatoms. The lowest BCUT2D eigenvalue weighted by Gasteiger charge is -2.09. The molecule has 0 unspecified atom stereocenters. The van der Waals surface area contributed by atoms with Crippen LogP contribution in [0.3, 0.4) is 0 Å². The molecule has 0 fully saturated rings. The molecule has 0 bridgehead atoms. The first kappa shape index (κ1) is 9.79. The van der Waals surface area contributed by atoms with Crippen molar-refractivity contribution in [2.24, 2.45) is 0 Å². The van der Waals surface area contributed by atoms with Crippen LogP contribution in [0.1, 0.15) is 10.5 Å². The Kier molecular flexibility index (Phi) is 2.24. The first-order chi connectivity index (χ1) is 7.15. The number of aromatic nitrogens is 2. The van der Waals surface area contributed by atoms with Crippen molar-refractivity contribution >= 4 is 17.6 Å². The van der Waals surface area contributed by atoms with Crippen LogP contribution in [-0.4, -0.2) is 28.0 Å². The largest absolute Gasteiger partial charge is 0.464 e. The van der Waals surface area contributed by atoms with Gasteiger partial charge in [-0.2, -0.15) is 4.73 Å². The Labute approximate surface area is 90.2 Å². The van der Waals surface area contributed by atoms with Crippen LogP contribution in [0.5, 0.6) is 0 Å². The highest BCUT2D eigenvalue weighted by molar-refractivity contribution is 6.34. The van der Waals surface area contributed by atoms with Crippen molar-refractivity contribution in [3.8, 4) is 11.3 Å². The molecule has 0 atom stereocenters. The van der Waals surface area contributed by atoms with Crippen molar-refractivity contribution in [3.63, 3.8) is 0 Å². The quantitative estimate of drug-likeness (QED) is 0.593. The van der Waals surface area contributed by atoms with Gasteiger partial charge in [-0.3, -0.25) is 4.98 Å². The van der Waals surface area contributed by atoms with E-state index in [1.807, 2.05) is 0 Å². The lowest BCUT2D eigenvalue weighted by Crippen LogP contribution is -2.13. The van der Waals surface area contributed by atoms with Gasteiger partial charge >= 0.3 is 5.97 Å². The molecule has 78 valence electrons. The summed E-state index contributed by atoms with van der Waals surface area (Å²) in [6.45, 7) is 0. The summed E-state index contributed by atoms with van der Waals surface area (Å²) < 4.78 is 5.21. The fourth-order valence-corrected chi connectivity index (χ4v) is 1.60. The Balaban J connectivity index is 2.76. The van der Waals surface area contributed by atoms with Gasteiger partial charge in [0.2, 0.25) is 0 Å². The van der Waals surface area contributed by atoms with E-state index in [9.17, 15) is 10.0 Å². The minimum absolute atomic E-state index is 0.0301. The van der Waals surface area contributed by atoms with Crippen molar-refractivity contribution < 1.29 is 14.7 Å². The van der Waals surface area contributed by atoms with Crippen LogP contribution in [0.25, 0.3) is 11.3 Å². The van der Waals surface area contributed by atoms with Gasteiger partial charge in [0.05, 0.1) is 23.4 Å². The lowest BCUT2D eigenvalue weighted by molar-refractivity contribution is 0.0546. The second-order valence-corrected chi connectivity index (χ2v) is 3.27. The molecular weight excluding hydrogens is 220 g/mol. The molecule has 2 rings (SSSR count). The molecular formula is C9H7ClN2O3. The monoisotopic (exact) mass is 226 g/mol. The van der Waals surface area contributed by atoms with Crippen molar-refractivity contribution in [2.45, 2.75) is 0 Å². The van der Waals surface area contributed by atoms with Crippen LogP contribution in [0.2, 0.25) is 5.02 Å². The third-order valence-electron chi connectivity index (χ3n) is 2.03. The Morgan fingerprint density at radius 2 is 2.40 bits per heavy atom. The molecule has 0 saturated carbocycles. The fraction of sp³-hybridized carbons (Fsp3) is 0.111. The average Bonchev–Trinajstić information content (AvgIpc) is 2.60. The summed E-state index contributed by atoms with van der Waals surface area (Å²) in [6, 6.07) is 1.55. The van der Waals surface area contributed by atoms with Gasteiger partial charge in [-0.15, -0.1) is 0 Å². The number of hydrogen-bond acceptors (Lipinski definition) is 4. The van der Waals surface area contributed by atoms with Gasteiger partial charge in [-0.05, 0) is 6.07 Å². The minimum Gasteiger partial charge on any atom is -0.464 e. The Morgan fingerprint density at radius 1 is 1.67 bits per heavy atom. The molecule has 0 aliphatic carbocycles. The smallest absolute Gasteiger partial charge is 0.358 e. The minimum atomic E-state index is -0.669. The fourth-order valence-electron chi connectivity index (χ4n) is 1.36. The number of esters is 1. The number of ether oxygens (including phenoxy) is 1. The molecule has 0 saturated heterocycles. The standard InChI is InChI=1S/C9H7ClN2O3/c1-15-9(13)8-7-5(10)4-11-6(7)2-3-12(8)14/h2-4,14H,1H3. The van der Waals surface area contributed by atoms with Crippen LogP contribution < -0.4 is 0 Å². The number of carbonyl (C=O) groups excluding carboxylic acids is 1. The van der Waals surface area contributed by atoms with Gasteiger partial charge in [-0.25, -0.2) is 4.79 Å². The molecule has 0 aromatic heterocycles. The maximum absolute atomic E-state index is 11.4. The molecule has 0 amide bonds. The molecule has 0 spiro atoms. The van der Waals surface area contributed by atoms with Gasteiger partial charge in [0.15, 0.2) is 5.69 Å². The third kappa shape index (κ3) is 1.41. The van der Waals surface area contributed by atoms with E-state index in [4.69, 9.17) is 11.6 Å². The van der Waals surface area contributed by atoms with Crippen LogP contribution in [-0.2, 0) is 4.74 Å². The summed E-state index contributed by atoms with van der Waals surface area (Å²) in [5.74, 6) is -0.669. The number of methoxy groups -OCH3 is 1. The number of pyridine rings is 1. The molecule has 1 N–H and O–H groups in total. The maximum atomic E-state index is 11.4. The molecule has 2 heterocycles. The number of carbonyl (C=O) groups is 1. The van der Waals surface area contributed by atoms with E-state index in [1.54, 1.807) is 6.07 Å². The van der Waals surface area contributed by atoms with Gasteiger partial charge in [0, 0.05) is 12.4 Å². The topological polar surface area (TPSA) is 64.3 Å². The number of fused-ring (bicyclic) bond motifs is 1. The SMILES string of the molecule is COC(=O)c1c2c(Cl)cnc-2ccn1O. The highest BCUT2D eigenvalue weighted by atomic mass is 35.5. The Hall–Kier alpha value is -1.75. The van der Waals surface area contributed by atoms with E-state index in [0.717, 1.165) is 0 Å². The number of halogens is 1. The highest BCUT2D eigenvalue weighted by Gasteiger charge is 2.23. The zero-order valence-electron chi connectivity index (χ0n) is 7.77. The molecule has 0 radical (unpaired) electrons. The zero-order chi connectivity index (χ0) is 11.0. The predicted octanol–water partition coefficient (Wildman–Crippen LogP) is 1.67. The van der Waals surface area contributed by atoms with E-state index >= 15 is 0 Å². The van der Waals surface area contributed by atoms with Crippen LogP contribution in [0, 0.1) is 0 Å². The van der Waals surface area contributed by atoms with E-state index in [2.05, 4.69) is 9.72 Å². The van der Waals surface area contributed by atoms with E-state index in [-0.39, 0.29) is 5.69 Å². The van der Waals surface area contributed by atoms with Crippen LogP contribution in [0.15, 0.2) is 18.5 Å². The Bertz CT molecular complexity index is 495. The molecule has 15 heavy (non-hydrogen) atoms. The Morgan fingerprint density at radius 3 is 3.07 bits per heavy atom.